The van der Waals surface area contributed by atoms with Gasteiger partial charge in [0.2, 0.25) is 10.0 Å². The predicted octanol–water partition coefficient (Wildman–Crippen LogP) is 1.89. The van der Waals surface area contributed by atoms with E-state index in [2.05, 4.69) is 5.32 Å². The lowest BCUT2D eigenvalue weighted by Gasteiger charge is -2.33. The number of sulfonamides is 1. The van der Waals surface area contributed by atoms with Crippen LogP contribution in [0.25, 0.3) is 0 Å². The number of anilines is 1. The standard InChI is InChI=1S/C15H20N2O4S/c1-10-7-12-13(21-9-15(18)16-12)8-14(10)22(19,20)17-6-4-3-5-11(17)2/h7-8,11H,3-6,9H2,1-2H3,(H,16,18)/t11-/m1/s1. The number of nitrogens with zero attached hydrogens (tertiary/aromatic N) is 1. The number of piperidine rings is 1. The highest BCUT2D eigenvalue weighted by Gasteiger charge is 2.33. The fourth-order valence-corrected chi connectivity index (χ4v) is 4.97. The number of hydrogen-bond acceptors (Lipinski definition) is 4. The van der Waals surface area contributed by atoms with Gasteiger partial charge in [0, 0.05) is 18.7 Å². The van der Waals surface area contributed by atoms with E-state index in [1.165, 1.54) is 6.07 Å². The Balaban J connectivity index is 2.02. The van der Waals surface area contributed by atoms with E-state index in [1.54, 1.807) is 17.3 Å². The Hall–Kier alpha value is -1.60. The van der Waals surface area contributed by atoms with Crippen LogP contribution in [0, 0.1) is 6.92 Å². The van der Waals surface area contributed by atoms with Gasteiger partial charge in [0.25, 0.3) is 5.91 Å². The Morgan fingerprint density at radius 2 is 2.09 bits per heavy atom. The van der Waals surface area contributed by atoms with Crippen LogP contribution in [-0.4, -0.2) is 37.8 Å². The number of carbonyl (C=O) groups is 1. The first-order valence-corrected chi connectivity index (χ1v) is 8.93. The molecule has 0 bridgehead atoms. The third-order valence-corrected chi connectivity index (χ3v) is 6.39. The molecule has 1 saturated heterocycles. The smallest absolute Gasteiger partial charge is 0.262 e. The minimum Gasteiger partial charge on any atom is -0.482 e. The second-order valence-corrected chi connectivity index (χ2v) is 7.77. The van der Waals surface area contributed by atoms with Gasteiger partial charge >= 0.3 is 0 Å². The Bertz CT molecular complexity index is 714. The quantitative estimate of drug-likeness (QED) is 0.901. The maximum absolute atomic E-state index is 13.0. The summed E-state index contributed by atoms with van der Waals surface area (Å²) in [6.07, 6.45) is 2.83. The molecule has 0 aromatic heterocycles. The zero-order valence-corrected chi connectivity index (χ0v) is 13.6. The number of amides is 1. The molecule has 1 aromatic rings. The van der Waals surface area contributed by atoms with Gasteiger partial charge in [-0.2, -0.15) is 4.31 Å². The van der Waals surface area contributed by atoms with Crippen LogP contribution in [0.5, 0.6) is 5.75 Å². The monoisotopic (exact) mass is 324 g/mol. The molecule has 1 N–H and O–H groups in total. The van der Waals surface area contributed by atoms with E-state index < -0.39 is 10.0 Å². The molecule has 0 saturated carbocycles. The Kier molecular flexibility index (Phi) is 3.86. The number of fused-ring (bicyclic) bond motifs is 1. The highest BCUT2D eigenvalue weighted by molar-refractivity contribution is 7.89. The average Bonchev–Trinajstić information content (AvgIpc) is 2.46. The molecule has 1 atom stereocenters. The van der Waals surface area contributed by atoms with Crippen molar-refractivity contribution in [1.29, 1.82) is 0 Å². The molecule has 2 heterocycles. The van der Waals surface area contributed by atoms with Gasteiger partial charge < -0.3 is 10.1 Å². The van der Waals surface area contributed by atoms with Gasteiger partial charge in [-0.1, -0.05) is 6.42 Å². The number of carbonyl (C=O) groups excluding carboxylic acids is 1. The Morgan fingerprint density at radius 3 is 2.82 bits per heavy atom. The summed E-state index contributed by atoms with van der Waals surface area (Å²) in [6, 6.07) is 3.20. The molecule has 0 unspecified atom stereocenters. The second kappa shape index (κ2) is 5.55. The van der Waals surface area contributed by atoms with Crippen LogP contribution in [0.1, 0.15) is 31.7 Å². The first-order valence-electron chi connectivity index (χ1n) is 7.49. The SMILES string of the molecule is Cc1cc2c(cc1S(=O)(=O)N1CCCC[C@H]1C)OCC(=O)N2. The number of aryl methyl sites for hydroxylation is 1. The molecule has 3 rings (SSSR count). The number of nitrogens with one attached hydrogen (secondary N) is 1. The largest absolute Gasteiger partial charge is 0.482 e. The molecular formula is C15H20N2O4S. The number of hydrogen-bond donors (Lipinski definition) is 1. The maximum atomic E-state index is 13.0. The average molecular weight is 324 g/mol. The molecule has 2 aliphatic rings. The number of ether oxygens (including phenoxy) is 1. The van der Waals surface area contributed by atoms with Crippen LogP contribution >= 0.6 is 0 Å². The second-order valence-electron chi connectivity index (χ2n) is 5.91. The van der Waals surface area contributed by atoms with Crippen LogP contribution in [0.4, 0.5) is 5.69 Å². The lowest BCUT2D eigenvalue weighted by atomic mass is 10.1. The highest BCUT2D eigenvalue weighted by Crippen LogP contribution is 2.35. The summed E-state index contributed by atoms with van der Waals surface area (Å²) in [5.41, 5.74) is 1.14. The van der Waals surface area contributed by atoms with Crippen molar-refractivity contribution in [2.75, 3.05) is 18.5 Å². The van der Waals surface area contributed by atoms with E-state index in [-0.39, 0.29) is 23.5 Å². The summed E-state index contributed by atoms with van der Waals surface area (Å²) >= 11 is 0. The molecule has 6 nitrogen and oxygen atoms in total. The van der Waals surface area contributed by atoms with Gasteiger partial charge in [0.05, 0.1) is 10.6 Å². The molecule has 120 valence electrons. The topological polar surface area (TPSA) is 75.7 Å². The van der Waals surface area contributed by atoms with E-state index >= 15 is 0 Å². The van der Waals surface area contributed by atoms with Gasteiger partial charge in [-0.25, -0.2) is 8.42 Å². The fraction of sp³-hybridized carbons (Fsp3) is 0.533. The maximum Gasteiger partial charge on any atom is 0.262 e. The van der Waals surface area contributed by atoms with E-state index in [1.807, 2.05) is 6.92 Å². The molecule has 0 radical (unpaired) electrons. The van der Waals surface area contributed by atoms with Crippen molar-refractivity contribution in [3.63, 3.8) is 0 Å². The highest BCUT2D eigenvalue weighted by atomic mass is 32.2. The molecule has 1 aromatic carbocycles. The van der Waals surface area contributed by atoms with Crippen molar-refractivity contribution in [2.45, 2.75) is 44.0 Å². The van der Waals surface area contributed by atoms with Crippen molar-refractivity contribution in [2.24, 2.45) is 0 Å². The zero-order chi connectivity index (χ0) is 15.9. The van der Waals surface area contributed by atoms with Crippen molar-refractivity contribution < 1.29 is 17.9 Å². The predicted molar refractivity (Wildman–Crippen MR) is 82.5 cm³/mol. The summed E-state index contributed by atoms with van der Waals surface area (Å²) in [5, 5.41) is 2.70. The molecule has 2 aliphatic heterocycles. The van der Waals surface area contributed by atoms with E-state index in [9.17, 15) is 13.2 Å². The van der Waals surface area contributed by atoms with Crippen LogP contribution < -0.4 is 10.1 Å². The zero-order valence-electron chi connectivity index (χ0n) is 12.8. The summed E-state index contributed by atoms with van der Waals surface area (Å²) in [4.78, 5) is 11.6. The third-order valence-electron chi connectivity index (χ3n) is 4.24. The number of benzene rings is 1. The van der Waals surface area contributed by atoms with E-state index in [0.717, 1.165) is 19.3 Å². The summed E-state index contributed by atoms with van der Waals surface area (Å²) in [6.45, 7) is 4.15. The van der Waals surface area contributed by atoms with Crippen molar-refractivity contribution in [1.82, 2.24) is 4.31 Å². The minimum atomic E-state index is -3.55. The molecule has 0 aliphatic carbocycles. The first-order chi connectivity index (χ1) is 10.4. The van der Waals surface area contributed by atoms with Crippen molar-refractivity contribution in [3.8, 4) is 5.75 Å². The van der Waals surface area contributed by atoms with E-state index in [4.69, 9.17) is 4.74 Å². The summed E-state index contributed by atoms with van der Waals surface area (Å²) in [7, 11) is -3.55. The van der Waals surface area contributed by atoms with Crippen LogP contribution in [0.15, 0.2) is 17.0 Å². The number of rotatable bonds is 2. The summed E-state index contributed by atoms with van der Waals surface area (Å²) in [5.74, 6) is 0.181. The van der Waals surface area contributed by atoms with Crippen LogP contribution in [0.3, 0.4) is 0 Å². The van der Waals surface area contributed by atoms with Gasteiger partial charge in [0.15, 0.2) is 6.61 Å². The lowest BCUT2D eigenvalue weighted by molar-refractivity contribution is -0.118. The van der Waals surface area contributed by atoms with Gasteiger partial charge in [0.1, 0.15) is 5.75 Å². The Labute approximate surface area is 130 Å². The molecular weight excluding hydrogens is 304 g/mol. The lowest BCUT2D eigenvalue weighted by Crippen LogP contribution is -2.42. The van der Waals surface area contributed by atoms with Gasteiger partial charge in [-0.05, 0) is 38.3 Å². The first kappa shape index (κ1) is 15.3. The molecule has 0 spiro atoms. The molecule has 1 amide bonds. The fourth-order valence-electron chi connectivity index (χ4n) is 3.05. The molecule has 7 heteroatoms. The third kappa shape index (κ3) is 2.59. The van der Waals surface area contributed by atoms with E-state index in [0.29, 0.717) is 23.5 Å². The van der Waals surface area contributed by atoms with Gasteiger partial charge in [-0.15, -0.1) is 0 Å². The summed E-state index contributed by atoms with van der Waals surface area (Å²) < 4.78 is 32.8. The van der Waals surface area contributed by atoms with Crippen LogP contribution in [0.2, 0.25) is 0 Å². The van der Waals surface area contributed by atoms with Crippen molar-refractivity contribution >= 4 is 21.6 Å². The molecule has 22 heavy (non-hydrogen) atoms. The normalized spacial score (nSPS) is 22.6. The van der Waals surface area contributed by atoms with Crippen molar-refractivity contribution in [3.05, 3.63) is 17.7 Å². The molecule has 1 fully saturated rings. The minimum absolute atomic E-state index is 0.00908. The van der Waals surface area contributed by atoms with Gasteiger partial charge in [-0.3, -0.25) is 4.79 Å². The van der Waals surface area contributed by atoms with Crippen LogP contribution in [-0.2, 0) is 14.8 Å². The Morgan fingerprint density at radius 1 is 1.32 bits per heavy atom.